The van der Waals surface area contributed by atoms with Crippen LogP contribution in [0, 0.1) is 5.82 Å². The average molecular weight is 460 g/mol. The monoisotopic (exact) mass is 460 g/mol. The summed E-state index contributed by atoms with van der Waals surface area (Å²) in [6.07, 6.45) is -1.05. The number of fused-ring (bicyclic) bond motifs is 1. The largest absolute Gasteiger partial charge is 0.415 e. The molecule has 0 spiro atoms. The van der Waals surface area contributed by atoms with Crippen LogP contribution in [-0.2, 0) is 6.54 Å². The van der Waals surface area contributed by atoms with E-state index in [0.717, 1.165) is 41.4 Å². The number of para-hydroxylation sites is 2. The van der Waals surface area contributed by atoms with Gasteiger partial charge in [-0.2, -0.15) is 20.5 Å². The molecule has 5 rings (SSSR count). The van der Waals surface area contributed by atoms with Crippen molar-refractivity contribution >= 4 is 22.8 Å². The third kappa shape index (κ3) is 3.72. The highest BCUT2D eigenvalue weighted by Crippen LogP contribution is 2.30. The molecule has 32 heavy (non-hydrogen) atoms. The van der Waals surface area contributed by atoms with Crippen LogP contribution in [0.5, 0.6) is 0 Å². The molecule has 6 nitrogen and oxygen atoms in total. The smallest absolute Gasteiger partial charge is 0.329 e. The van der Waals surface area contributed by atoms with Gasteiger partial charge in [0.2, 0.25) is 5.89 Å². The minimum absolute atomic E-state index is 0.0477. The molecule has 1 aliphatic heterocycles. The number of benzene rings is 2. The normalized spacial score (nSPS) is 15.1. The Kier molecular flexibility index (Phi) is 5.54. The molecule has 0 atom stereocenters. The first-order valence-corrected chi connectivity index (χ1v) is 11.4. The third-order valence-corrected chi connectivity index (χ3v) is 6.73. The molecule has 0 radical (unpaired) electrons. The van der Waals surface area contributed by atoms with Gasteiger partial charge in [-0.1, -0.05) is 18.2 Å². The van der Waals surface area contributed by atoms with Gasteiger partial charge >= 0.3 is 12.1 Å². The summed E-state index contributed by atoms with van der Waals surface area (Å²) in [4.78, 5) is 13.4. The van der Waals surface area contributed by atoms with E-state index in [9.17, 15) is 18.0 Å². The summed E-state index contributed by atoms with van der Waals surface area (Å²) < 4.78 is 48.6. The number of nitrogens with zero attached hydrogens (tertiary/aromatic N) is 4. The molecule has 0 bridgehead atoms. The molecule has 1 aliphatic rings. The van der Waals surface area contributed by atoms with Gasteiger partial charge in [-0.05, 0) is 48.6 Å². The standard InChI is InChI=1S/C22H19F3N4O2S/c23-16-11-13(20-26-27-21(31-20)19(24)25)5-6-14(16)12-28-17-3-1-2-4-18(17)29(22(28)30)15-7-9-32-10-8-15/h1-6,11,15,19H,7-10,12H2. The fourth-order valence-electron chi connectivity index (χ4n) is 4.10. The van der Waals surface area contributed by atoms with Gasteiger partial charge in [-0.25, -0.2) is 9.18 Å². The van der Waals surface area contributed by atoms with Crippen molar-refractivity contribution in [3.8, 4) is 11.5 Å². The van der Waals surface area contributed by atoms with Crippen molar-refractivity contribution in [2.75, 3.05) is 11.5 Å². The first-order valence-electron chi connectivity index (χ1n) is 10.2. The van der Waals surface area contributed by atoms with Crippen LogP contribution in [0.1, 0.15) is 36.8 Å². The molecule has 10 heteroatoms. The Morgan fingerprint density at radius 3 is 2.53 bits per heavy atom. The highest BCUT2D eigenvalue weighted by molar-refractivity contribution is 7.99. The lowest BCUT2D eigenvalue weighted by Crippen LogP contribution is -2.29. The van der Waals surface area contributed by atoms with Gasteiger partial charge in [0, 0.05) is 17.2 Å². The van der Waals surface area contributed by atoms with Crippen molar-refractivity contribution in [1.82, 2.24) is 19.3 Å². The Hall–Kier alpha value is -3.01. The van der Waals surface area contributed by atoms with Crippen molar-refractivity contribution < 1.29 is 17.6 Å². The van der Waals surface area contributed by atoms with Crippen LogP contribution < -0.4 is 5.69 Å². The Morgan fingerprint density at radius 1 is 1.09 bits per heavy atom. The molecule has 1 fully saturated rings. The van der Waals surface area contributed by atoms with E-state index < -0.39 is 18.1 Å². The number of thioether (sulfide) groups is 1. The van der Waals surface area contributed by atoms with Gasteiger partial charge in [-0.15, -0.1) is 10.2 Å². The number of rotatable bonds is 5. The highest BCUT2D eigenvalue weighted by Gasteiger charge is 2.23. The Balaban J connectivity index is 1.50. The summed E-state index contributed by atoms with van der Waals surface area (Å²) in [6, 6.07) is 11.8. The predicted molar refractivity (Wildman–Crippen MR) is 116 cm³/mol. The molecule has 1 saturated heterocycles. The molecule has 4 aromatic rings. The van der Waals surface area contributed by atoms with Crippen LogP contribution in [0.3, 0.4) is 0 Å². The van der Waals surface area contributed by atoms with E-state index in [0.29, 0.717) is 5.56 Å². The van der Waals surface area contributed by atoms with Gasteiger partial charge < -0.3 is 4.42 Å². The Bertz CT molecular complexity index is 1320. The van der Waals surface area contributed by atoms with E-state index in [2.05, 4.69) is 10.2 Å². The maximum atomic E-state index is 14.9. The fraction of sp³-hybridized carbons (Fsp3) is 0.318. The predicted octanol–water partition coefficient (Wildman–Crippen LogP) is 5.05. The van der Waals surface area contributed by atoms with Crippen LogP contribution in [0.2, 0.25) is 0 Å². The topological polar surface area (TPSA) is 65.8 Å². The van der Waals surface area contributed by atoms with Crippen molar-refractivity contribution in [2.45, 2.75) is 31.9 Å². The second-order valence-corrected chi connectivity index (χ2v) is 8.85. The molecule has 2 aromatic heterocycles. The second-order valence-electron chi connectivity index (χ2n) is 7.62. The zero-order valence-corrected chi connectivity index (χ0v) is 17.7. The maximum Gasteiger partial charge on any atom is 0.329 e. The molecule has 2 aromatic carbocycles. The summed E-state index contributed by atoms with van der Waals surface area (Å²) in [5, 5.41) is 6.81. The average Bonchev–Trinajstić information content (AvgIpc) is 3.40. The summed E-state index contributed by atoms with van der Waals surface area (Å²) in [5.74, 6) is 0.433. The van der Waals surface area contributed by atoms with E-state index in [1.54, 1.807) is 4.57 Å². The molecule has 166 valence electrons. The maximum absolute atomic E-state index is 14.9. The van der Waals surface area contributed by atoms with Gasteiger partial charge in [0.1, 0.15) is 5.82 Å². The second kappa shape index (κ2) is 8.50. The molecule has 0 amide bonds. The Morgan fingerprint density at radius 2 is 1.84 bits per heavy atom. The van der Waals surface area contributed by atoms with Crippen LogP contribution in [0.4, 0.5) is 13.2 Å². The lowest BCUT2D eigenvalue weighted by molar-refractivity contribution is 0.116. The van der Waals surface area contributed by atoms with E-state index >= 15 is 0 Å². The molecule has 0 saturated carbocycles. The van der Waals surface area contributed by atoms with Crippen molar-refractivity contribution in [3.63, 3.8) is 0 Å². The van der Waals surface area contributed by atoms with Crippen LogP contribution >= 0.6 is 11.8 Å². The van der Waals surface area contributed by atoms with Gasteiger partial charge in [0.15, 0.2) is 0 Å². The van der Waals surface area contributed by atoms with Gasteiger partial charge in [0.25, 0.3) is 5.89 Å². The third-order valence-electron chi connectivity index (χ3n) is 5.68. The van der Waals surface area contributed by atoms with E-state index in [1.165, 1.54) is 12.1 Å². The van der Waals surface area contributed by atoms with E-state index in [4.69, 9.17) is 4.42 Å². The summed E-state index contributed by atoms with van der Waals surface area (Å²) in [7, 11) is 0. The van der Waals surface area contributed by atoms with Gasteiger partial charge in [-0.3, -0.25) is 9.13 Å². The zero-order chi connectivity index (χ0) is 22.2. The van der Waals surface area contributed by atoms with Crippen molar-refractivity contribution in [3.05, 3.63) is 70.2 Å². The van der Waals surface area contributed by atoms with Crippen molar-refractivity contribution in [2.24, 2.45) is 0 Å². The molecular formula is C22H19F3N4O2S. The fourth-order valence-corrected chi connectivity index (χ4v) is 5.18. The number of imidazole rings is 1. The quantitative estimate of drug-likeness (QED) is 0.417. The van der Waals surface area contributed by atoms with Crippen molar-refractivity contribution in [1.29, 1.82) is 0 Å². The molecule has 0 N–H and O–H groups in total. The number of halogens is 3. The number of hydrogen-bond acceptors (Lipinski definition) is 5. The van der Waals surface area contributed by atoms with E-state index in [1.807, 2.05) is 40.6 Å². The number of hydrogen-bond donors (Lipinski definition) is 0. The zero-order valence-electron chi connectivity index (χ0n) is 16.9. The number of alkyl halides is 2. The van der Waals surface area contributed by atoms with Crippen LogP contribution in [-0.4, -0.2) is 30.8 Å². The molecular weight excluding hydrogens is 441 g/mol. The highest BCUT2D eigenvalue weighted by atomic mass is 32.2. The minimum atomic E-state index is -2.90. The minimum Gasteiger partial charge on any atom is -0.415 e. The molecule has 3 heterocycles. The first kappa shape index (κ1) is 20.9. The van der Waals surface area contributed by atoms with Crippen LogP contribution in [0.15, 0.2) is 51.7 Å². The number of aromatic nitrogens is 4. The summed E-state index contributed by atoms with van der Waals surface area (Å²) in [5.41, 5.74) is 1.92. The van der Waals surface area contributed by atoms with E-state index in [-0.39, 0.29) is 29.7 Å². The lowest BCUT2D eigenvalue weighted by Gasteiger charge is -2.22. The SMILES string of the molecule is O=c1n(Cc2ccc(-c3nnc(C(F)F)o3)cc2F)c2ccccc2n1C1CCSCC1. The molecule has 0 unspecified atom stereocenters. The first-order chi connectivity index (χ1) is 15.5. The Labute approximate surface area is 185 Å². The molecule has 0 aliphatic carbocycles. The van der Waals surface area contributed by atoms with Gasteiger partial charge in [0.05, 0.1) is 17.6 Å². The van der Waals surface area contributed by atoms with Crippen LogP contribution in [0.25, 0.3) is 22.5 Å². The summed E-state index contributed by atoms with van der Waals surface area (Å²) in [6.45, 7) is 0.0477. The lowest BCUT2D eigenvalue weighted by atomic mass is 10.1. The summed E-state index contributed by atoms with van der Waals surface area (Å²) >= 11 is 1.89.